The number of rotatable bonds is 13. The monoisotopic (exact) mass is 1150 g/mol. The lowest BCUT2D eigenvalue weighted by Gasteiger charge is -2.44. The molecular formula is C81H60N4S2. The number of aliphatic imine (C=N–C) groups is 1. The van der Waals surface area contributed by atoms with Crippen LogP contribution in [-0.4, -0.2) is 34.7 Å². The fourth-order valence-corrected chi connectivity index (χ4v) is 15.9. The molecule has 0 spiro atoms. The highest BCUT2D eigenvalue weighted by atomic mass is 32.1. The lowest BCUT2D eigenvalue weighted by molar-refractivity contribution is 0.311. The number of fused-ring (bicyclic) bond motifs is 9. The molecule has 4 nitrogen and oxygen atoms in total. The SMILES string of the molecule is C/C=C(/c1ccccc1)C(Cc1ccccc1)(CN(C)C(=NC(=N)c1ccc2c(c1)sc1ccccc12)c1ccc2c(c1)sc1ccccc12)n1c2c(-c3ccccc3)c(-c3ccccc3)ccc2c2ccc(-c3ccccc3)c(-c3ccccc3)c21. The molecule has 6 heteroatoms. The molecule has 1 unspecified atom stereocenters. The summed E-state index contributed by atoms with van der Waals surface area (Å²) in [6.45, 7) is 2.65. The van der Waals surface area contributed by atoms with Gasteiger partial charge in [-0.3, -0.25) is 5.41 Å². The van der Waals surface area contributed by atoms with Gasteiger partial charge < -0.3 is 9.47 Å². The van der Waals surface area contributed by atoms with Crippen LogP contribution in [0.15, 0.2) is 302 Å². The van der Waals surface area contributed by atoms with Crippen molar-refractivity contribution in [3.8, 4) is 44.5 Å². The van der Waals surface area contributed by atoms with Crippen molar-refractivity contribution in [1.82, 2.24) is 9.47 Å². The van der Waals surface area contributed by atoms with Crippen LogP contribution in [0.1, 0.15) is 29.2 Å². The minimum atomic E-state index is -0.954. The van der Waals surface area contributed by atoms with E-state index in [4.69, 9.17) is 4.99 Å². The molecule has 0 saturated heterocycles. The third-order valence-electron chi connectivity index (χ3n) is 17.4. The Morgan fingerprint density at radius 3 is 1.32 bits per heavy atom. The second-order valence-electron chi connectivity index (χ2n) is 22.6. The first-order valence-electron chi connectivity index (χ1n) is 29.8. The van der Waals surface area contributed by atoms with Crippen LogP contribution in [0.5, 0.6) is 0 Å². The number of allylic oxidation sites excluding steroid dienone is 1. The van der Waals surface area contributed by atoms with Crippen molar-refractivity contribution in [3.05, 3.63) is 320 Å². The molecule has 0 aliphatic carbocycles. The molecule has 15 rings (SSSR count). The number of amidine groups is 2. The summed E-state index contributed by atoms with van der Waals surface area (Å²) >= 11 is 3.57. The maximum atomic E-state index is 10.2. The van der Waals surface area contributed by atoms with Crippen LogP contribution < -0.4 is 0 Å². The zero-order chi connectivity index (χ0) is 58.4. The van der Waals surface area contributed by atoms with Crippen LogP contribution in [-0.2, 0) is 12.0 Å². The average Bonchev–Trinajstić information content (AvgIpc) is 1.68. The van der Waals surface area contributed by atoms with E-state index in [1.54, 1.807) is 22.7 Å². The third-order valence-corrected chi connectivity index (χ3v) is 19.7. The third kappa shape index (κ3) is 9.55. The van der Waals surface area contributed by atoms with Crippen LogP contribution in [0.2, 0.25) is 0 Å². The summed E-state index contributed by atoms with van der Waals surface area (Å²) in [6.07, 6.45) is 2.96. The van der Waals surface area contributed by atoms with E-state index in [9.17, 15) is 5.41 Å². The molecule has 0 aliphatic rings. The van der Waals surface area contributed by atoms with E-state index in [2.05, 4.69) is 321 Å². The first-order valence-corrected chi connectivity index (χ1v) is 31.4. The number of hydrogen-bond donors (Lipinski definition) is 1. The van der Waals surface area contributed by atoms with Gasteiger partial charge in [0, 0.05) is 93.4 Å². The average molecular weight is 1150 g/mol. The van der Waals surface area contributed by atoms with Crippen molar-refractivity contribution in [2.45, 2.75) is 18.9 Å². The molecule has 0 amide bonds. The Morgan fingerprint density at radius 1 is 0.425 bits per heavy atom. The maximum Gasteiger partial charge on any atom is 0.154 e. The van der Waals surface area contributed by atoms with E-state index in [0.717, 1.165) is 93.3 Å². The summed E-state index contributed by atoms with van der Waals surface area (Å²) in [7, 11) is 2.21. The van der Waals surface area contributed by atoms with Gasteiger partial charge in [0.05, 0.1) is 16.6 Å². The molecule has 1 atom stereocenters. The zero-order valence-electron chi connectivity index (χ0n) is 48.4. The largest absolute Gasteiger partial charge is 0.356 e. The fraction of sp³-hybridized carbons (Fsp3) is 0.0617. The highest BCUT2D eigenvalue weighted by Gasteiger charge is 2.43. The van der Waals surface area contributed by atoms with Gasteiger partial charge in [0.2, 0.25) is 0 Å². The molecule has 1 N–H and O–H groups in total. The topological polar surface area (TPSA) is 44.4 Å². The van der Waals surface area contributed by atoms with Crippen LogP contribution in [0.25, 0.3) is 112 Å². The van der Waals surface area contributed by atoms with Crippen LogP contribution in [0.3, 0.4) is 0 Å². The van der Waals surface area contributed by atoms with Crippen molar-refractivity contribution in [2.24, 2.45) is 4.99 Å². The number of likely N-dealkylation sites (N-methyl/N-ethyl adjacent to an activating group) is 1. The Balaban J connectivity index is 1.09. The van der Waals surface area contributed by atoms with E-state index in [1.165, 1.54) is 41.2 Å². The molecular weight excluding hydrogens is 1090 g/mol. The summed E-state index contributed by atoms with van der Waals surface area (Å²) in [5.41, 5.74) is 15.6. The van der Waals surface area contributed by atoms with Gasteiger partial charge in [-0.05, 0) is 81.3 Å². The molecule has 0 saturated carbocycles. The predicted octanol–water partition coefficient (Wildman–Crippen LogP) is 21.6. The van der Waals surface area contributed by atoms with Crippen LogP contribution in [0.4, 0.5) is 0 Å². The number of nitrogens with one attached hydrogen (secondary N) is 1. The predicted molar refractivity (Wildman–Crippen MR) is 374 cm³/mol. The molecule has 0 aliphatic heterocycles. The van der Waals surface area contributed by atoms with Crippen LogP contribution in [0, 0.1) is 5.41 Å². The zero-order valence-corrected chi connectivity index (χ0v) is 50.0. The Bertz CT molecular complexity index is 4980. The summed E-state index contributed by atoms with van der Waals surface area (Å²) < 4.78 is 7.57. The molecule has 0 radical (unpaired) electrons. The quantitative estimate of drug-likeness (QED) is 0.0907. The highest BCUT2D eigenvalue weighted by Crippen LogP contribution is 2.53. The fourth-order valence-electron chi connectivity index (χ4n) is 13.6. The second-order valence-corrected chi connectivity index (χ2v) is 24.8. The summed E-state index contributed by atoms with van der Waals surface area (Å²) in [5, 5.41) is 17.4. The Morgan fingerprint density at radius 2 is 0.828 bits per heavy atom. The molecule has 0 bridgehead atoms. The van der Waals surface area contributed by atoms with Gasteiger partial charge in [-0.15, -0.1) is 22.7 Å². The number of nitrogens with zero attached hydrogens (tertiary/aromatic N) is 3. The normalized spacial score (nSPS) is 12.9. The van der Waals surface area contributed by atoms with Crippen molar-refractivity contribution in [3.63, 3.8) is 0 Å². The molecule has 3 aromatic heterocycles. The van der Waals surface area contributed by atoms with Gasteiger partial charge in [-0.25, -0.2) is 4.99 Å². The van der Waals surface area contributed by atoms with E-state index in [1.807, 2.05) is 0 Å². The minimum absolute atomic E-state index is 0.199. The lowest BCUT2D eigenvalue weighted by Crippen LogP contribution is -2.49. The summed E-state index contributed by atoms with van der Waals surface area (Å²) in [6, 6.07) is 106. The van der Waals surface area contributed by atoms with Gasteiger partial charge in [0.1, 0.15) is 5.84 Å². The number of hydrogen-bond acceptors (Lipinski definition) is 3. The van der Waals surface area contributed by atoms with Gasteiger partial charge >= 0.3 is 0 Å². The standard InChI is InChI=1S/C81H60N4S2/c1-3-70(57-32-16-7-17-33-57)81(52-54-26-10-4-11-27-54,53-84(2)80(61-43-45-67-65-39-23-25-41-72(65)87-74(67)51-61)83-79(82)60-42-44-66-64-38-22-24-40-71(64)86-73(66)50-60)85-77-68(48-46-62(55-28-12-5-13-29-55)75(77)58-34-18-8-19-35-58)69-49-47-63(56-30-14-6-15-31-56)76(78(69)85)59-36-20-9-21-37-59/h3-51,82H,52-53H2,1-2H3/b70-3-,82-79?,83-80?. The van der Waals surface area contributed by atoms with Gasteiger partial charge in [-0.1, -0.05) is 273 Å². The minimum Gasteiger partial charge on any atom is -0.356 e. The lowest BCUT2D eigenvalue weighted by atomic mass is 9.77. The van der Waals surface area contributed by atoms with Crippen molar-refractivity contribution in [2.75, 3.05) is 13.6 Å². The van der Waals surface area contributed by atoms with Gasteiger partial charge in [-0.2, -0.15) is 0 Å². The van der Waals surface area contributed by atoms with Crippen molar-refractivity contribution < 1.29 is 0 Å². The molecule has 0 fully saturated rings. The molecule has 12 aromatic carbocycles. The second kappa shape index (κ2) is 22.6. The maximum absolute atomic E-state index is 10.2. The first kappa shape index (κ1) is 53.5. The van der Waals surface area contributed by atoms with Gasteiger partial charge in [0.25, 0.3) is 0 Å². The summed E-state index contributed by atoms with van der Waals surface area (Å²) in [4.78, 5) is 8.01. The molecule has 87 heavy (non-hydrogen) atoms. The highest BCUT2D eigenvalue weighted by molar-refractivity contribution is 7.26. The van der Waals surface area contributed by atoms with Crippen molar-refractivity contribution in [1.29, 1.82) is 5.41 Å². The number of aromatic nitrogens is 1. The smallest absolute Gasteiger partial charge is 0.154 e. The molecule has 15 aromatic rings. The number of benzene rings is 12. The van der Waals surface area contributed by atoms with E-state index < -0.39 is 5.54 Å². The van der Waals surface area contributed by atoms with Gasteiger partial charge in [0.15, 0.2) is 5.84 Å². The Kier molecular flexibility index (Phi) is 13.9. The van der Waals surface area contributed by atoms with E-state index in [0.29, 0.717) is 18.8 Å². The van der Waals surface area contributed by atoms with E-state index >= 15 is 0 Å². The molecule has 3 heterocycles. The first-order chi connectivity index (χ1) is 42.9. The van der Waals surface area contributed by atoms with E-state index in [-0.39, 0.29) is 5.84 Å². The number of thiophene rings is 2. The van der Waals surface area contributed by atoms with Crippen LogP contribution >= 0.6 is 22.7 Å². The Labute approximate surface area is 515 Å². The summed E-state index contributed by atoms with van der Waals surface area (Å²) in [5.74, 6) is 0.907. The Hall–Kier alpha value is -10.2. The van der Waals surface area contributed by atoms with Crippen molar-refractivity contribution >= 4 is 102 Å². The molecule has 416 valence electrons.